The summed E-state index contributed by atoms with van der Waals surface area (Å²) in [7, 11) is 1.76. The number of piperidine rings is 1. The molecule has 0 amide bonds. The molecule has 2 rings (SSSR count). The summed E-state index contributed by atoms with van der Waals surface area (Å²) in [5.41, 5.74) is 4.80. The number of ether oxygens (including phenoxy) is 1. The molecule has 0 spiro atoms. The summed E-state index contributed by atoms with van der Waals surface area (Å²) in [6.07, 6.45) is 2.43. The number of methoxy groups -OCH3 is 1. The Kier molecular flexibility index (Phi) is 4.18. The van der Waals surface area contributed by atoms with Crippen LogP contribution in [0.2, 0.25) is 5.02 Å². The van der Waals surface area contributed by atoms with Gasteiger partial charge in [-0.3, -0.25) is 0 Å². The Balaban J connectivity index is 2.56. The Labute approximate surface area is 115 Å². The molecule has 1 aromatic rings. The van der Waals surface area contributed by atoms with Crippen LogP contribution in [0.25, 0.3) is 0 Å². The minimum absolute atomic E-state index is 0.519. The molecule has 1 fully saturated rings. The lowest BCUT2D eigenvalue weighted by Gasteiger charge is -2.28. The lowest BCUT2D eigenvalue weighted by Crippen LogP contribution is -2.29. The highest BCUT2D eigenvalue weighted by atomic mass is 35.5. The van der Waals surface area contributed by atoms with E-state index in [-0.39, 0.29) is 0 Å². The Bertz CT molecular complexity index is 451. The van der Waals surface area contributed by atoms with Gasteiger partial charge in [0.25, 0.3) is 0 Å². The Morgan fingerprint density at radius 3 is 2.44 bits per heavy atom. The summed E-state index contributed by atoms with van der Waals surface area (Å²) in [5, 5.41) is 4.36. The zero-order valence-corrected chi connectivity index (χ0v) is 12.4. The van der Waals surface area contributed by atoms with Crippen molar-refractivity contribution < 1.29 is 4.74 Å². The van der Waals surface area contributed by atoms with E-state index in [4.69, 9.17) is 16.3 Å². The highest BCUT2D eigenvalue weighted by Gasteiger charge is 2.25. The molecule has 1 unspecified atom stereocenters. The van der Waals surface area contributed by atoms with Gasteiger partial charge in [0, 0.05) is 23.0 Å². The average molecular weight is 268 g/mol. The summed E-state index contributed by atoms with van der Waals surface area (Å²) < 4.78 is 5.66. The van der Waals surface area contributed by atoms with Gasteiger partial charge in [0.1, 0.15) is 5.75 Å². The maximum absolute atomic E-state index is 6.46. The van der Waals surface area contributed by atoms with Crippen LogP contribution >= 0.6 is 11.6 Å². The monoisotopic (exact) mass is 267 g/mol. The number of hydrogen-bond donors (Lipinski definition) is 1. The van der Waals surface area contributed by atoms with Gasteiger partial charge >= 0.3 is 0 Å². The standard InChI is InChI=1S/C15H22ClNO/c1-9-10(2)15(18-4)13(11(3)14(9)16)12-6-5-7-17-8-12/h12,17H,5-8H2,1-4H3. The molecule has 0 radical (unpaired) electrons. The first kappa shape index (κ1) is 13.7. The maximum Gasteiger partial charge on any atom is 0.125 e. The first-order valence-electron chi connectivity index (χ1n) is 6.61. The molecule has 0 saturated carbocycles. The summed E-state index contributed by atoms with van der Waals surface area (Å²) in [4.78, 5) is 0. The molecule has 1 aromatic carbocycles. The van der Waals surface area contributed by atoms with Gasteiger partial charge in [-0.2, -0.15) is 0 Å². The minimum Gasteiger partial charge on any atom is -0.496 e. The molecule has 2 nitrogen and oxygen atoms in total. The van der Waals surface area contributed by atoms with Gasteiger partial charge in [0.15, 0.2) is 0 Å². The van der Waals surface area contributed by atoms with Crippen molar-refractivity contribution in [1.82, 2.24) is 5.32 Å². The van der Waals surface area contributed by atoms with Crippen molar-refractivity contribution in [3.05, 3.63) is 27.3 Å². The van der Waals surface area contributed by atoms with E-state index in [1.165, 1.54) is 29.5 Å². The molecule has 1 aliphatic rings. The zero-order chi connectivity index (χ0) is 13.3. The molecule has 1 saturated heterocycles. The fourth-order valence-electron chi connectivity index (χ4n) is 2.96. The summed E-state index contributed by atoms with van der Waals surface area (Å²) >= 11 is 6.46. The van der Waals surface area contributed by atoms with E-state index < -0.39 is 0 Å². The molecule has 0 aliphatic carbocycles. The minimum atomic E-state index is 0.519. The SMILES string of the molecule is COc1c(C)c(C)c(Cl)c(C)c1C1CCCNC1. The van der Waals surface area contributed by atoms with Crippen LogP contribution in [-0.2, 0) is 0 Å². The van der Waals surface area contributed by atoms with Gasteiger partial charge in [-0.05, 0) is 56.8 Å². The van der Waals surface area contributed by atoms with E-state index in [1.54, 1.807) is 7.11 Å². The van der Waals surface area contributed by atoms with E-state index in [2.05, 4.69) is 26.1 Å². The number of nitrogens with one attached hydrogen (secondary N) is 1. The molecule has 3 heteroatoms. The normalized spacial score (nSPS) is 19.9. The van der Waals surface area contributed by atoms with Crippen molar-refractivity contribution in [3.63, 3.8) is 0 Å². The van der Waals surface area contributed by atoms with Crippen LogP contribution in [0, 0.1) is 20.8 Å². The third kappa shape index (κ3) is 2.24. The first-order valence-corrected chi connectivity index (χ1v) is 6.99. The van der Waals surface area contributed by atoms with Crippen LogP contribution in [0.1, 0.15) is 41.0 Å². The number of halogens is 1. The Morgan fingerprint density at radius 1 is 1.17 bits per heavy atom. The topological polar surface area (TPSA) is 21.3 Å². The van der Waals surface area contributed by atoms with Crippen LogP contribution in [0.4, 0.5) is 0 Å². The summed E-state index contributed by atoms with van der Waals surface area (Å²) in [6.45, 7) is 8.42. The maximum atomic E-state index is 6.46. The predicted octanol–water partition coefficient (Wildman–Crippen LogP) is 3.74. The Morgan fingerprint density at radius 2 is 1.89 bits per heavy atom. The molecular formula is C15H22ClNO. The fourth-order valence-corrected chi connectivity index (χ4v) is 3.20. The quantitative estimate of drug-likeness (QED) is 0.881. The van der Waals surface area contributed by atoms with E-state index in [0.29, 0.717) is 5.92 Å². The van der Waals surface area contributed by atoms with E-state index in [0.717, 1.165) is 29.4 Å². The van der Waals surface area contributed by atoms with Gasteiger partial charge in [-0.15, -0.1) is 0 Å². The molecule has 1 heterocycles. The smallest absolute Gasteiger partial charge is 0.125 e. The van der Waals surface area contributed by atoms with E-state index in [9.17, 15) is 0 Å². The van der Waals surface area contributed by atoms with Crippen molar-refractivity contribution in [2.75, 3.05) is 20.2 Å². The van der Waals surface area contributed by atoms with Crippen LogP contribution < -0.4 is 10.1 Å². The van der Waals surface area contributed by atoms with Crippen LogP contribution in [0.3, 0.4) is 0 Å². The molecule has 1 N–H and O–H groups in total. The van der Waals surface area contributed by atoms with Gasteiger partial charge in [0.2, 0.25) is 0 Å². The third-order valence-corrected chi connectivity index (χ3v) is 4.69. The second-order valence-electron chi connectivity index (χ2n) is 5.18. The molecule has 18 heavy (non-hydrogen) atoms. The molecule has 1 atom stereocenters. The van der Waals surface area contributed by atoms with E-state index >= 15 is 0 Å². The lowest BCUT2D eigenvalue weighted by atomic mass is 9.85. The lowest BCUT2D eigenvalue weighted by molar-refractivity contribution is 0.388. The first-order chi connectivity index (χ1) is 8.57. The van der Waals surface area contributed by atoms with Gasteiger partial charge in [-0.25, -0.2) is 0 Å². The molecule has 100 valence electrons. The van der Waals surface area contributed by atoms with Crippen LogP contribution in [0.5, 0.6) is 5.75 Å². The summed E-state index contributed by atoms with van der Waals surface area (Å²) in [5.74, 6) is 1.55. The van der Waals surface area contributed by atoms with E-state index in [1.807, 2.05) is 0 Å². The highest BCUT2D eigenvalue weighted by molar-refractivity contribution is 6.32. The van der Waals surface area contributed by atoms with Gasteiger partial charge in [0.05, 0.1) is 7.11 Å². The van der Waals surface area contributed by atoms with Crippen LogP contribution in [-0.4, -0.2) is 20.2 Å². The number of rotatable bonds is 2. The molecule has 1 aliphatic heterocycles. The van der Waals surface area contributed by atoms with Crippen molar-refractivity contribution >= 4 is 11.6 Å². The number of benzene rings is 1. The summed E-state index contributed by atoms with van der Waals surface area (Å²) in [6, 6.07) is 0. The van der Waals surface area contributed by atoms with Crippen molar-refractivity contribution in [2.45, 2.75) is 39.5 Å². The second-order valence-corrected chi connectivity index (χ2v) is 5.56. The third-order valence-electron chi connectivity index (χ3n) is 4.12. The second kappa shape index (κ2) is 5.50. The van der Waals surface area contributed by atoms with Gasteiger partial charge < -0.3 is 10.1 Å². The Hall–Kier alpha value is -0.730. The van der Waals surface area contributed by atoms with Crippen molar-refractivity contribution in [1.29, 1.82) is 0 Å². The average Bonchev–Trinajstić information content (AvgIpc) is 2.41. The number of hydrogen-bond acceptors (Lipinski definition) is 2. The van der Waals surface area contributed by atoms with Crippen LogP contribution in [0.15, 0.2) is 0 Å². The molecule has 0 aromatic heterocycles. The predicted molar refractivity (Wildman–Crippen MR) is 77.1 cm³/mol. The van der Waals surface area contributed by atoms with Gasteiger partial charge in [-0.1, -0.05) is 11.6 Å². The fraction of sp³-hybridized carbons (Fsp3) is 0.600. The van der Waals surface area contributed by atoms with Crippen molar-refractivity contribution in [2.24, 2.45) is 0 Å². The largest absolute Gasteiger partial charge is 0.496 e. The molecule has 0 bridgehead atoms. The highest BCUT2D eigenvalue weighted by Crippen LogP contribution is 2.41. The zero-order valence-electron chi connectivity index (χ0n) is 11.7. The van der Waals surface area contributed by atoms with Crippen molar-refractivity contribution in [3.8, 4) is 5.75 Å². The molecular weight excluding hydrogens is 246 g/mol.